The lowest BCUT2D eigenvalue weighted by Crippen LogP contribution is -2.32. The third-order valence-electron chi connectivity index (χ3n) is 5.98. The fourth-order valence-electron chi connectivity index (χ4n) is 3.82. The molecule has 0 bridgehead atoms. The van der Waals surface area contributed by atoms with Crippen LogP contribution in [0.2, 0.25) is 0 Å². The van der Waals surface area contributed by atoms with Crippen LogP contribution in [0, 0.1) is 0 Å². The number of aromatic nitrogens is 4. The molecule has 2 aliphatic rings. The van der Waals surface area contributed by atoms with Gasteiger partial charge >= 0.3 is 12.2 Å². The second-order valence-electron chi connectivity index (χ2n) is 8.87. The number of urea groups is 1. The molecule has 0 aromatic carbocycles. The van der Waals surface area contributed by atoms with Crippen molar-refractivity contribution in [2.24, 2.45) is 10.7 Å². The highest BCUT2D eigenvalue weighted by Gasteiger charge is 2.47. The van der Waals surface area contributed by atoms with Crippen molar-refractivity contribution in [3.05, 3.63) is 42.2 Å². The first-order valence-electron chi connectivity index (χ1n) is 11.5. The summed E-state index contributed by atoms with van der Waals surface area (Å²) in [6, 6.07) is 0.897. The maximum Gasteiger partial charge on any atom is 0.411 e. The third kappa shape index (κ3) is 5.16. The fourth-order valence-corrected chi connectivity index (χ4v) is 4.99. The van der Waals surface area contributed by atoms with E-state index < -0.39 is 29.0 Å². The Bertz CT molecular complexity index is 1370. The maximum absolute atomic E-state index is 13.6. The predicted molar refractivity (Wildman–Crippen MR) is 132 cm³/mol. The Morgan fingerprint density at radius 2 is 1.95 bits per heavy atom. The average molecular weight is 533 g/mol. The number of hydrogen-bond acceptors (Lipinski definition) is 9. The summed E-state index contributed by atoms with van der Waals surface area (Å²) in [5.74, 6) is 0.739. The fraction of sp³-hybridized carbons (Fsp3) is 0.391. The van der Waals surface area contributed by atoms with Crippen molar-refractivity contribution in [3.63, 3.8) is 0 Å². The summed E-state index contributed by atoms with van der Waals surface area (Å²) in [4.78, 5) is 24.6. The molecule has 1 saturated carbocycles. The Morgan fingerprint density at radius 3 is 2.62 bits per heavy atom. The number of nitrogens with two attached hydrogens (primary N) is 1. The second kappa shape index (κ2) is 9.41. The van der Waals surface area contributed by atoms with E-state index >= 15 is 0 Å². The van der Waals surface area contributed by atoms with Crippen molar-refractivity contribution in [2.75, 3.05) is 11.9 Å². The van der Waals surface area contributed by atoms with Crippen LogP contribution in [-0.4, -0.2) is 55.3 Å². The molecule has 194 valence electrons. The van der Waals surface area contributed by atoms with Crippen LogP contribution in [0.1, 0.15) is 38.1 Å². The van der Waals surface area contributed by atoms with Gasteiger partial charge in [-0.1, -0.05) is 6.92 Å². The molecule has 1 fully saturated rings. The van der Waals surface area contributed by atoms with E-state index in [0.717, 1.165) is 24.6 Å². The maximum atomic E-state index is 13.6. The number of anilines is 1. The summed E-state index contributed by atoms with van der Waals surface area (Å²) in [6.07, 6.45) is 1.59. The highest BCUT2D eigenvalue weighted by atomic mass is 32.2. The normalized spacial score (nSPS) is 20.4. The lowest BCUT2D eigenvalue weighted by Gasteiger charge is -2.15. The largest absolute Gasteiger partial charge is 0.419 e. The van der Waals surface area contributed by atoms with Crippen molar-refractivity contribution < 1.29 is 22.4 Å². The predicted octanol–water partition coefficient (Wildman–Crippen LogP) is 4.10. The Kier molecular flexibility index (Phi) is 6.40. The van der Waals surface area contributed by atoms with Gasteiger partial charge in [0.25, 0.3) is 0 Å². The number of hydrogen-bond donors (Lipinski definition) is 3. The molecule has 2 unspecified atom stereocenters. The van der Waals surface area contributed by atoms with E-state index in [0.29, 0.717) is 34.7 Å². The van der Waals surface area contributed by atoms with Crippen LogP contribution in [-0.2, 0) is 5.54 Å². The number of alkyl halides is 3. The Hall–Kier alpha value is -3.52. The van der Waals surface area contributed by atoms with Crippen molar-refractivity contribution in [1.29, 1.82) is 0 Å². The Balaban J connectivity index is 1.55. The highest BCUT2D eigenvalue weighted by molar-refractivity contribution is 8.15. The number of carbonyl (C=O) groups is 1. The molecule has 0 radical (unpaired) electrons. The number of aliphatic imine (C=N–C) groups is 1. The van der Waals surface area contributed by atoms with Gasteiger partial charge in [0, 0.05) is 47.1 Å². The highest BCUT2D eigenvalue weighted by Crippen LogP contribution is 2.43. The summed E-state index contributed by atoms with van der Waals surface area (Å²) in [5, 5.41) is 12.7. The number of nitrogens with zero attached hydrogens (tertiary/aromatic N) is 5. The van der Waals surface area contributed by atoms with E-state index in [4.69, 9.17) is 10.2 Å². The number of pyridine rings is 2. The van der Waals surface area contributed by atoms with Crippen LogP contribution in [0.15, 0.2) is 40.1 Å². The summed E-state index contributed by atoms with van der Waals surface area (Å²) >= 11 is 1.01. The van der Waals surface area contributed by atoms with Crippen LogP contribution < -0.4 is 16.4 Å². The average Bonchev–Trinajstić information content (AvgIpc) is 3.24. The molecule has 37 heavy (non-hydrogen) atoms. The van der Waals surface area contributed by atoms with E-state index in [9.17, 15) is 18.0 Å². The first-order chi connectivity index (χ1) is 17.6. The van der Waals surface area contributed by atoms with Gasteiger partial charge in [0.2, 0.25) is 11.8 Å². The Labute approximate surface area is 213 Å². The molecular formula is C23H23F3N8O2S. The quantitative estimate of drug-likeness (QED) is 0.431. The summed E-state index contributed by atoms with van der Waals surface area (Å²) in [7, 11) is 0. The number of amides is 2. The van der Waals surface area contributed by atoms with Crippen molar-refractivity contribution >= 4 is 28.7 Å². The van der Waals surface area contributed by atoms with Crippen molar-refractivity contribution in [3.8, 4) is 22.6 Å². The molecule has 10 nitrogen and oxygen atoms in total. The van der Waals surface area contributed by atoms with E-state index in [1.165, 1.54) is 19.2 Å². The van der Waals surface area contributed by atoms with Gasteiger partial charge < -0.3 is 15.5 Å². The van der Waals surface area contributed by atoms with E-state index in [1.54, 1.807) is 25.4 Å². The molecule has 0 spiro atoms. The van der Waals surface area contributed by atoms with Crippen LogP contribution in [0.25, 0.3) is 22.6 Å². The zero-order valence-corrected chi connectivity index (χ0v) is 20.7. The van der Waals surface area contributed by atoms with Gasteiger partial charge in [-0.25, -0.2) is 9.78 Å². The van der Waals surface area contributed by atoms with Gasteiger partial charge in [-0.15, -0.1) is 22.0 Å². The molecule has 5 rings (SSSR count). The minimum atomic E-state index is -4.48. The molecular weight excluding hydrogens is 509 g/mol. The van der Waals surface area contributed by atoms with Gasteiger partial charge in [0.15, 0.2) is 6.04 Å². The SMILES string of the molecule is CCNC(=O)Nc1cc(C2=NC(C(F)(F)F)C(C)S2)c(-c2cncc(-c3nnc(C4(N)CC4)o3)c2)cn1. The number of rotatable bonds is 6. The molecule has 4 heterocycles. The molecule has 2 amide bonds. The van der Waals surface area contributed by atoms with Gasteiger partial charge in [0.05, 0.1) is 16.1 Å². The van der Waals surface area contributed by atoms with Crippen LogP contribution >= 0.6 is 11.8 Å². The first kappa shape index (κ1) is 25.1. The molecule has 1 aliphatic heterocycles. The summed E-state index contributed by atoms with van der Waals surface area (Å²) < 4.78 is 46.4. The third-order valence-corrected chi connectivity index (χ3v) is 7.16. The van der Waals surface area contributed by atoms with Gasteiger partial charge in [-0.3, -0.25) is 15.3 Å². The molecule has 1 aliphatic carbocycles. The molecule has 4 N–H and O–H groups in total. The minimum absolute atomic E-state index is 0.166. The van der Waals surface area contributed by atoms with Gasteiger partial charge in [-0.05, 0) is 31.9 Å². The minimum Gasteiger partial charge on any atom is -0.419 e. The molecule has 3 aromatic heterocycles. The topological polar surface area (TPSA) is 144 Å². The van der Waals surface area contributed by atoms with E-state index in [2.05, 4.69) is 35.8 Å². The van der Waals surface area contributed by atoms with E-state index in [-0.39, 0.29) is 16.8 Å². The first-order valence-corrected chi connectivity index (χ1v) is 12.4. The van der Waals surface area contributed by atoms with Crippen molar-refractivity contribution in [1.82, 2.24) is 25.5 Å². The smallest absolute Gasteiger partial charge is 0.411 e. The number of carbonyl (C=O) groups excluding carboxylic acids is 1. The summed E-state index contributed by atoms with van der Waals surface area (Å²) in [6.45, 7) is 3.63. The van der Waals surface area contributed by atoms with E-state index in [1.807, 2.05) is 0 Å². The van der Waals surface area contributed by atoms with Crippen LogP contribution in [0.3, 0.4) is 0 Å². The summed E-state index contributed by atoms with van der Waals surface area (Å²) in [5.41, 5.74) is 7.47. The van der Waals surface area contributed by atoms with Crippen LogP contribution in [0.5, 0.6) is 0 Å². The molecule has 14 heteroatoms. The lowest BCUT2D eigenvalue weighted by molar-refractivity contribution is -0.145. The lowest BCUT2D eigenvalue weighted by atomic mass is 10.0. The standard InChI is InChI=1S/C23H23F3N8O2S/c1-3-29-21(35)31-16-7-14(19-32-17(11(2)37-19)23(24,25)26)15(10-30-16)12-6-13(9-28-8-12)18-33-34-20(36-18)22(27)4-5-22/h6-11,17H,3-5,27H2,1-2H3,(H2,29,30,31,35). The Morgan fingerprint density at radius 1 is 1.19 bits per heavy atom. The number of thioether (sulfide) groups is 1. The van der Waals surface area contributed by atoms with Crippen molar-refractivity contribution in [2.45, 2.75) is 49.7 Å². The zero-order chi connectivity index (χ0) is 26.4. The number of halogens is 3. The van der Waals surface area contributed by atoms with Crippen LogP contribution in [0.4, 0.5) is 23.8 Å². The molecule has 2 atom stereocenters. The molecule has 3 aromatic rings. The monoisotopic (exact) mass is 532 g/mol. The number of nitrogens with one attached hydrogen (secondary N) is 2. The second-order valence-corrected chi connectivity index (χ2v) is 10.2. The van der Waals surface area contributed by atoms with Gasteiger partial charge in [-0.2, -0.15) is 13.2 Å². The van der Waals surface area contributed by atoms with Gasteiger partial charge in [0.1, 0.15) is 5.82 Å². The molecule has 0 saturated heterocycles. The zero-order valence-electron chi connectivity index (χ0n) is 19.8.